The number of carbonyl (C=O) groups is 2. The van der Waals surface area contributed by atoms with Crippen LogP contribution in [0, 0.1) is 0 Å². The molecule has 0 spiro atoms. The van der Waals surface area contributed by atoms with Crippen molar-refractivity contribution in [2.75, 3.05) is 12.9 Å². The summed E-state index contributed by atoms with van der Waals surface area (Å²) in [5.41, 5.74) is 0.387. The predicted molar refractivity (Wildman–Crippen MR) is 101 cm³/mol. The molecule has 0 bridgehead atoms. The average molecular weight is 450 g/mol. The molecular weight excluding hydrogens is 432 g/mol. The highest BCUT2D eigenvalue weighted by Gasteiger charge is 2.24. The van der Waals surface area contributed by atoms with Gasteiger partial charge in [0.05, 0.1) is 29.6 Å². The Balaban J connectivity index is 2.37. The number of hydrogen-bond acceptors (Lipinski definition) is 6. The third kappa shape index (κ3) is 4.89. The molecule has 0 saturated heterocycles. The molecule has 0 saturated carbocycles. The van der Waals surface area contributed by atoms with Crippen LogP contribution >= 0.6 is 39.3 Å². The number of carbonyl (C=O) groups excluding carboxylic acids is 2. The lowest BCUT2D eigenvalue weighted by Gasteiger charge is -2.20. The number of halogens is 2. The molecule has 0 N–H and O–H groups in total. The minimum Gasteiger partial charge on any atom is -0.469 e. The molecule has 2 rings (SSSR count). The van der Waals surface area contributed by atoms with E-state index in [2.05, 4.69) is 25.7 Å². The zero-order valence-electron chi connectivity index (χ0n) is 14.3. The molecule has 25 heavy (non-hydrogen) atoms. The van der Waals surface area contributed by atoms with Crippen molar-refractivity contribution in [3.8, 4) is 0 Å². The summed E-state index contributed by atoms with van der Waals surface area (Å²) in [5, 5.41) is 0.386. The fourth-order valence-corrected chi connectivity index (χ4v) is 3.81. The van der Waals surface area contributed by atoms with Gasteiger partial charge in [0.25, 0.3) is 0 Å². The maximum Gasteiger partial charge on any atom is 0.421 e. The van der Waals surface area contributed by atoms with E-state index in [1.54, 1.807) is 26.8 Å². The molecule has 0 aliphatic carbocycles. The van der Waals surface area contributed by atoms with E-state index in [1.807, 2.05) is 6.07 Å². The Labute approximate surface area is 163 Å². The lowest BCUT2D eigenvalue weighted by atomic mass is 10.2. The Morgan fingerprint density at radius 1 is 1.36 bits per heavy atom. The topological polar surface area (TPSA) is 70.4 Å². The van der Waals surface area contributed by atoms with Gasteiger partial charge >= 0.3 is 12.1 Å². The van der Waals surface area contributed by atoms with Crippen LogP contribution in [-0.2, 0) is 14.3 Å². The summed E-state index contributed by atoms with van der Waals surface area (Å²) in [6.07, 6.45) is -0.301. The molecule has 0 radical (unpaired) electrons. The number of esters is 1. The summed E-state index contributed by atoms with van der Waals surface area (Å²) in [5.74, 6) is 0.228. The van der Waals surface area contributed by atoms with Crippen LogP contribution in [0.1, 0.15) is 27.2 Å². The average Bonchev–Trinajstić information content (AvgIpc) is 2.84. The van der Waals surface area contributed by atoms with E-state index in [4.69, 9.17) is 16.3 Å². The van der Waals surface area contributed by atoms with E-state index < -0.39 is 11.7 Å². The van der Waals surface area contributed by atoms with Crippen LogP contribution in [0.2, 0.25) is 5.02 Å². The van der Waals surface area contributed by atoms with Crippen molar-refractivity contribution in [1.82, 2.24) is 9.55 Å². The minimum atomic E-state index is -0.646. The smallest absolute Gasteiger partial charge is 0.421 e. The van der Waals surface area contributed by atoms with Crippen LogP contribution in [0.3, 0.4) is 0 Å². The Morgan fingerprint density at radius 2 is 2.04 bits per heavy atom. The first-order chi connectivity index (χ1) is 11.6. The molecule has 0 atom stereocenters. The number of thioether (sulfide) groups is 1. The number of aromatic nitrogens is 2. The second kappa shape index (κ2) is 7.97. The first-order valence-electron chi connectivity index (χ1n) is 7.43. The normalized spacial score (nSPS) is 11.6. The third-order valence-electron chi connectivity index (χ3n) is 3.05. The second-order valence-corrected chi connectivity index (χ2v) is 8.34. The Bertz CT molecular complexity index is 817. The summed E-state index contributed by atoms with van der Waals surface area (Å²) in [6, 6.07) is 3.58. The fourth-order valence-electron chi connectivity index (χ4n) is 2.01. The third-order valence-corrected chi connectivity index (χ3v) is 5.13. The molecule has 136 valence electrons. The molecule has 6 nitrogen and oxygen atoms in total. The first kappa shape index (κ1) is 20.1. The van der Waals surface area contributed by atoms with Gasteiger partial charge in [0.2, 0.25) is 0 Å². The molecule has 2 aromatic rings. The molecule has 1 heterocycles. The number of methoxy groups -OCH3 is 1. The highest BCUT2D eigenvalue weighted by molar-refractivity contribution is 9.10. The Kier molecular flexibility index (Phi) is 6.40. The number of nitrogens with zero attached hydrogens (tertiary/aromatic N) is 2. The van der Waals surface area contributed by atoms with Crippen molar-refractivity contribution in [2.45, 2.75) is 37.7 Å². The van der Waals surface area contributed by atoms with Crippen molar-refractivity contribution in [3.63, 3.8) is 0 Å². The van der Waals surface area contributed by atoms with Gasteiger partial charge in [-0.25, -0.2) is 14.3 Å². The first-order valence-corrected chi connectivity index (χ1v) is 9.59. The quantitative estimate of drug-likeness (QED) is 0.489. The zero-order valence-corrected chi connectivity index (χ0v) is 17.4. The van der Waals surface area contributed by atoms with Crippen LogP contribution in [0.4, 0.5) is 4.79 Å². The fraction of sp³-hybridized carbons (Fsp3) is 0.438. The number of hydrogen-bond donors (Lipinski definition) is 0. The van der Waals surface area contributed by atoms with Gasteiger partial charge in [-0.15, -0.1) is 11.8 Å². The summed E-state index contributed by atoms with van der Waals surface area (Å²) in [4.78, 5) is 28.8. The van der Waals surface area contributed by atoms with E-state index in [1.165, 1.54) is 23.4 Å². The molecule has 9 heteroatoms. The molecule has 0 amide bonds. The summed E-state index contributed by atoms with van der Waals surface area (Å²) in [6.45, 7) is 5.36. The van der Waals surface area contributed by atoms with E-state index >= 15 is 0 Å². The Morgan fingerprint density at radius 3 is 2.64 bits per heavy atom. The van der Waals surface area contributed by atoms with Crippen LogP contribution in [0.15, 0.2) is 21.8 Å². The largest absolute Gasteiger partial charge is 0.469 e. The molecule has 0 aliphatic heterocycles. The van der Waals surface area contributed by atoms with Crippen LogP contribution in [-0.4, -0.2) is 40.1 Å². The summed E-state index contributed by atoms with van der Waals surface area (Å²) < 4.78 is 11.7. The van der Waals surface area contributed by atoms with Gasteiger partial charge in [0.1, 0.15) is 5.60 Å². The van der Waals surface area contributed by atoms with Gasteiger partial charge in [0.15, 0.2) is 4.73 Å². The standard InChI is InChI=1S/C16H18BrClN2O4S/c1-16(2,3)24-15(22)20-13-9(19-14(20)17)5-6-10(12(13)18)25-8-7-11(21)23-4/h5-6H,7-8H2,1-4H3. The van der Waals surface area contributed by atoms with E-state index in [-0.39, 0.29) is 12.4 Å². The van der Waals surface area contributed by atoms with Gasteiger partial charge < -0.3 is 9.47 Å². The number of rotatable bonds is 4. The SMILES string of the molecule is COC(=O)CCSc1ccc2nc(Br)n(C(=O)OC(C)(C)C)c2c1Cl. The zero-order chi connectivity index (χ0) is 18.8. The predicted octanol–water partition coefficient (Wildman–Crippen LogP) is 4.89. The number of imidazole rings is 1. The van der Waals surface area contributed by atoms with E-state index in [9.17, 15) is 9.59 Å². The lowest BCUT2D eigenvalue weighted by molar-refractivity contribution is -0.140. The second-order valence-electron chi connectivity index (χ2n) is 6.12. The number of ether oxygens (including phenoxy) is 2. The van der Waals surface area contributed by atoms with Crippen LogP contribution in [0.5, 0.6) is 0 Å². The maximum atomic E-state index is 12.5. The highest BCUT2D eigenvalue weighted by Crippen LogP contribution is 2.36. The van der Waals surface area contributed by atoms with Crippen molar-refractivity contribution in [1.29, 1.82) is 0 Å². The number of benzene rings is 1. The maximum absolute atomic E-state index is 12.5. The minimum absolute atomic E-state index is 0.268. The van der Waals surface area contributed by atoms with Gasteiger partial charge in [-0.1, -0.05) is 11.6 Å². The Hall–Kier alpha value is -1.25. The summed E-state index contributed by atoms with van der Waals surface area (Å²) >= 11 is 11.2. The van der Waals surface area contributed by atoms with Crippen molar-refractivity contribution >= 4 is 62.4 Å². The van der Waals surface area contributed by atoms with E-state index in [0.717, 1.165) is 4.90 Å². The van der Waals surface area contributed by atoms with Gasteiger partial charge in [-0.2, -0.15) is 0 Å². The van der Waals surface area contributed by atoms with Crippen LogP contribution < -0.4 is 0 Å². The lowest BCUT2D eigenvalue weighted by Crippen LogP contribution is -2.27. The molecule has 0 unspecified atom stereocenters. The van der Waals surface area contributed by atoms with Crippen molar-refractivity contribution in [2.24, 2.45) is 0 Å². The van der Waals surface area contributed by atoms with Gasteiger partial charge in [0, 0.05) is 10.6 Å². The molecule has 0 aliphatic rings. The van der Waals surface area contributed by atoms with Crippen molar-refractivity contribution < 1.29 is 19.1 Å². The molecular formula is C16H18BrClN2O4S. The van der Waals surface area contributed by atoms with Gasteiger partial charge in [-0.05, 0) is 48.8 Å². The summed E-state index contributed by atoms with van der Waals surface area (Å²) in [7, 11) is 1.35. The molecule has 0 fully saturated rings. The molecule has 1 aromatic heterocycles. The van der Waals surface area contributed by atoms with E-state index in [0.29, 0.717) is 26.5 Å². The van der Waals surface area contributed by atoms with Crippen molar-refractivity contribution in [3.05, 3.63) is 21.9 Å². The molecule has 1 aromatic carbocycles. The van der Waals surface area contributed by atoms with Gasteiger partial charge in [-0.3, -0.25) is 4.79 Å². The highest BCUT2D eigenvalue weighted by atomic mass is 79.9. The number of fused-ring (bicyclic) bond motifs is 1. The van der Waals surface area contributed by atoms with Crippen LogP contribution in [0.25, 0.3) is 11.0 Å². The monoisotopic (exact) mass is 448 g/mol.